The predicted octanol–water partition coefficient (Wildman–Crippen LogP) is 2.76. The highest BCUT2D eigenvalue weighted by molar-refractivity contribution is 9.10. The maximum Gasteiger partial charge on any atom is 0.185 e. The largest absolute Gasteiger partial charge is 0.332 e. The lowest BCUT2D eigenvalue weighted by Crippen LogP contribution is -2.34. The molecule has 0 unspecified atom stereocenters. The summed E-state index contributed by atoms with van der Waals surface area (Å²) < 4.78 is 1.07. The van der Waals surface area contributed by atoms with Crippen LogP contribution in [0, 0.1) is 0 Å². The minimum absolute atomic E-state index is 0.400. The first-order valence-electron chi connectivity index (χ1n) is 4.66. The van der Waals surface area contributed by atoms with Gasteiger partial charge in [-0.3, -0.25) is 0 Å². The summed E-state index contributed by atoms with van der Waals surface area (Å²) in [5.74, 6) is 5.19. The van der Waals surface area contributed by atoms with Gasteiger partial charge in [-0.05, 0) is 47.3 Å². The summed E-state index contributed by atoms with van der Waals surface area (Å²) in [5, 5.41) is 5.70. The predicted molar refractivity (Wildman–Crippen MR) is 75.2 cm³/mol. The molecule has 5 heteroatoms. The molecule has 82 valence electrons. The number of hydrazine groups is 1. The van der Waals surface area contributed by atoms with Gasteiger partial charge in [0.05, 0.1) is 0 Å². The molecule has 4 N–H and O–H groups in total. The van der Waals surface area contributed by atoms with Gasteiger partial charge in [0, 0.05) is 10.2 Å². The Kier molecular flexibility index (Phi) is 3.38. The van der Waals surface area contributed by atoms with E-state index in [0.717, 1.165) is 15.5 Å². The van der Waals surface area contributed by atoms with E-state index in [0.29, 0.717) is 5.11 Å². The van der Waals surface area contributed by atoms with Crippen LogP contribution >= 0.6 is 28.1 Å². The van der Waals surface area contributed by atoms with Crippen molar-refractivity contribution in [3.8, 4) is 0 Å². The van der Waals surface area contributed by atoms with Gasteiger partial charge < -0.3 is 10.7 Å². The zero-order valence-electron chi connectivity index (χ0n) is 8.33. The molecule has 0 aromatic heterocycles. The second-order valence-electron chi connectivity index (χ2n) is 3.30. The van der Waals surface area contributed by atoms with Crippen LogP contribution in [0.1, 0.15) is 0 Å². The van der Waals surface area contributed by atoms with E-state index < -0.39 is 0 Å². The van der Waals surface area contributed by atoms with Crippen molar-refractivity contribution in [2.45, 2.75) is 0 Å². The zero-order chi connectivity index (χ0) is 11.5. The first kappa shape index (κ1) is 11.3. The Bertz CT molecular complexity index is 542. The lowest BCUT2D eigenvalue weighted by Gasteiger charge is -2.07. The van der Waals surface area contributed by atoms with Crippen LogP contribution in [0.2, 0.25) is 0 Å². The molecule has 2 aromatic rings. The van der Waals surface area contributed by atoms with Crippen LogP contribution in [0.5, 0.6) is 0 Å². The topological polar surface area (TPSA) is 50.1 Å². The lowest BCUT2D eigenvalue weighted by atomic mass is 10.1. The SMILES string of the molecule is NNC(=S)Nc1ccc2cc(Br)ccc2c1. The van der Waals surface area contributed by atoms with E-state index in [9.17, 15) is 0 Å². The minimum atomic E-state index is 0.400. The molecule has 3 nitrogen and oxygen atoms in total. The molecular weight excluding hydrogens is 286 g/mol. The molecule has 0 spiro atoms. The van der Waals surface area contributed by atoms with Gasteiger partial charge in [0.25, 0.3) is 0 Å². The monoisotopic (exact) mass is 295 g/mol. The van der Waals surface area contributed by atoms with Crippen molar-refractivity contribution < 1.29 is 0 Å². The summed E-state index contributed by atoms with van der Waals surface area (Å²) in [4.78, 5) is 0. The van der Waals surface area contributed by atoms with Crippen LogP contribution in [-0.4, -0.2) is 5.11 Å². The van der Waals surface area contributed by atoms with Crippen LogP contribution in [-0.2, 0) is 0 Å². The highest BCUT2D eigenvalue weighted by Crippen LogP contribution is 2.22. The van der Waals surface area contributed by atoms with Gasteiger partial charge >= 0.3 is 0 Å². The molecule has 0 aliphatic rings. The Morgan fingerprint density at radius 3 is 2.56 bits per heavy atom. The molecule has 0 fully saturated rings. The Morgan fingerprint density at radius 1 is 1.12 bits per heavy atom. The van der Waals surface area contributed by atoms with E-state index in [1.54, 1.807) is 0 Å². The molecule has 0 atom stereocenters. The third-order valence-electron chi connectivity index (χ3n) is 2.19. The average molecular weight is 296 g/mol. The second kappa shape index (κ2) is 4.78. The lowest BCUT2D eigenvalue weighted by molar-refractivity contribution is 1.04. The van der Waals surface area contributed by atoms with Crippen LogP contribution in [0.4, 0.5) is 5.69 Å². The van der Waals surface area contributed by atoms with E-state index in [1.807, 2.05) is 30.3 Å². The molecule has 2 rings (SSSR count). The maximum absolute atomic E-state index is 5.19. The van der Waals surface area contributed by atoms with Gasteiger partial charge in [0.15, 0.2) is 5.11 Å². The average Bonchev–Trinajstić information content (AvgIpc) is 2.29. The molecular formula is C11H10BrN3S. The van der Waals surface area contributed by atoms with Gasteiger partial charge in [-0.2, -0.15) is 0 Å². The number of thiocarbonyl (C=S) groups is 1. The number of hydrogen-bond donors (Lipinski definition) is 3. The smallest absolute Gasteiger partial charge is 0.185 e. The summed E-state index contributed by atoms with van der Waals surface area (Å²) in [6.45, 7) is 0. The van der Waals surface area contributed by atoms with Gasteiger partial charge in [0.2, 0.25) is 0 Å². The number of fused-ring (bicyclic) bond motifs is 1. The Hall–Kier alpha value is -1.17. The van der Waals surface area contributed by atoms with Crippen LogP contribution in [0.15, 0.2) is 40.9 Å². The minimum Gasteiger partial charge on any atom is -0.332 e. The van der Waals surface area contributed by atoms with Crippen molar-refractivity contribution in [3.63, 3.8) is 0 Å². The third kappa shape index (κ3) is 2.49. The van der Waals surface area contributed by atoms with Gasteiger partial charge in [-0.25, -0.2) is 5.84 Å². The number of rotatable bonds is 1. The molecule has 0 aliphatic heterocycles. The van der Waals surface area contributed by atoms with Crippen molar-refractivity contribution in [1.82, 2.24) is 5.43 Å². The fourth-order valence-corrected chi connectivity index (χ4v) is 1.96. The normalized spacial score (nSPS) is 10.1. The highest BCUT2D eigenvalue weighted by atomic mass is 79.9. The Morgan fingerprint density at radius 2 is 1.81 bits per heavy atom. The summed E-state index contributed by atoms with van der Waals surface area (Å²) in [6.07, 6.45) is 0. The number of hydrogen-bond acceptors (Lipinski definition) is 2. The zero-order valence-corrected chi connectivity index (χ0v) is 10.7. The van der Waals surface area contributed by atoms with E-state index in [4.69, 9.17) is 18.1 Å². The quantitative estimate of drug-likeness (QED) is 0.430. The molecule has 0 radical (unpaired) electrons. The number of nitrogens with one attached hydrogen (secondary N) is 2. The van der Waals surface area contributed by atoms with E-state index in [2.05, 4.69) is 32.7 Å². The van der Waals surface area contributed by atoms with Crippen LogP contribution in [0.25, 0.3) is 10.8 Å². The molecule has 0 amide bonds. The molecule has 0 saturated carbocycles. The van der Waals surface area contributed by atoms with Crippen molar-refractivity contribution >= 4 is 49.7 Å². The van der Waals surface area contributed by atoms with E-state index >= 15 is 0 Å². The molecule has 0 bridgehead atoms. The number of nitrogens with two attached hydrogens (primary N) is 1. The Balaban J connectivity index is 2.37. The van der Waals surface area contributed by atoms with Gasteiger partial charge in [-0.15, -0.1) is 0 Å². The van der Waals surface area contributed by atoms with Crippen molar-refractivity contribution in [2.75, 3.05) is 5.32 Å². The van der Waals surface area contributed by atoms with Crippen LogP contribution in [0.3, 0.4) is 0 Å². The molecule has 0 aliphatic carbocycles. The molecule has 0 heterocycles. The fourth-order valence-electron chi connectivity index (χ4n) is 1.46. The van der Waals surface area contributed by atoms with Crippen LogP contribution < -0.4 is 16.6 Å². The van der Waals surface area contributed by atoms with Crippen molar-refractivity contribution in [2.24, 2.45) is 5.84 Å². The highest BCUT2D eigenvalue weighted by Gasteiger charge is 1.98. The molecule has 2 aromatic carbocycles. The molecule has 0 saturated heterocycles. The summed E-state index contributed by atoms with van der Waals surface area (Å²) in [5.41, 5.74) is 3.30. The first-order chi connectivity index (χ1) is 7.69. The Labute approximate surface area is 107 Å². The summed E-state index contributed by atoms with van der Waals surface area (Å²) in [6, 6.07) is 12.1. The van der Waals surface area contributed by atoms with Crippen molar-refractivity contribution in [1.29, 1.82) is 0 Å². The second-order valence-corrected chi connectivity index (χ2v) is 4.63. The number of anilines is 1. The molecule has 16 heavy (non-hydrogen) atoms. The maximum atomic E-state index is 5.19. The van der Waals surface area contributed by atoms with Gasteiger partial charge in [-0.1, -0.05) is 28.1 Å². The number of benzene rings is 2. The third-order valence-corrected chi connectivity index (χ3v) is 2.90. The number of halogens is 1. The summed E-state index contributed by atoms with van der Waals surface area (Å²) >= 11 is 8.37. The van der Waals surface area contributed by atoms with Gasteiger partial charge in [0.1, 0.15) is 0 Å². The van der Waals surface area contributed by atoms with E-state index in [1.165, 1.54) is 5.39 Å². The fraction of sp³-hybridized carbons (Fsp3) is 0. The first-order valence-corrected chi connectivity index (χ1v) is 5.86. The van der Waals surface area contributed by atoms with E-state index in [-0.39, 0.29) is 0 Å². The summed E-state index contributed by atoms with van der Waals surface area (Å²) in [7, 11) is 0. The van der Waals surface area contributed by atoms with Crippen molar-refractivity contribution in [3.05, 3.63) is 40.9 Å². The standard InChI is InChI=1S/C11H10BrN3S/c12-9-3-1-8-6-10(14-11(16)15-13)4-2-7(8)5-9/h1-6H,13H2,(H2,14,15,16).